The molecule has 5 nitrogen and oxygen atoms in total. The lowest BCUT2D eigenvalue weighted by Gasteiger charge is -2.35. The highest BCUT2D eigenvalue weighted by Gasteiger charge is 2.23. The largest absolute Gasteiger partial charge is 0.464 e. The Morgan fingerprint density at radius 1 is 1.12 bits per heavy atom. The van der Waals surface area contributed by atoms with Crippen LogP contribution < -0.4 is 4.90 Å². The monoisotopic (exact) mass is 349 g/mol. The summed E-state index contributed by atoms with van der Waals surface area (Å²) in [5, 5.41) is 1.05. The number of hydrogen-bond donors (Lipinski definition) is 0. The minimum absolute atomic E-state index is 0.159. The highest BCUT2D eigenvalue weighted by Crippen LogP contribution is 2.27. The molecular weight excluding hydrogens is 326 g/mol. The van der Waals surface area contributed by atoms with Gasteiger partial charge < -0.3 is 14.2 Å². The number of carbonyl (C=O) groups excluding carboxylic acids is 1. The van der Waals surface area contributed by atoms with E-state index in [9.17, 15) is 4.79 Å². The molecule has 1 aromatic carbocycles. The Morgan fingerprint density at radius 2 is 1.92 bits per heavy atom. The first kappa shape index (κ1) is 16.6. The van der Waals surface area contributed by atoms with Crippen molar-refractivity contribution in [2.24, 2.45) is 0 Å². The summed E-state index contributed by atoms with van der Waals surface area (Å²) in [6.07, 6.45) is 3.93. The maximum absolute atomic E-state index is 12.8. The van der Waals surface area contributed by atoms with Gasteiger partial charge in [0.05, 0.1) is 12.7 Å². The fraction of sp³-hybridized carbons (Fsp3) is 0.333. The van der Waals surface area contributed by atoms with Crippen LogP contribution in [0, 0.1) is 13.8 Å². The molecule has 0 unspecified atom stereocenters. The molecule has 2 aromatic heterocycles. The maximum Gasteiger partial charge on any atom is 0.227 e. The van der Waals surface area contributed by atoms with Gasteiger partial charge in [-0.1, -0.05) is 18.2 Å². The lowest BCUT2D eigenvalue weighted by molar-refractivity contribution is -0.130. The number of carbonyl (C=O) groups is 1. The summed E-state index contributed by atoms with van der Waals surface area (Å²) < 4.78 is 5.74. The van der Waals surface area contributed by atoms with Crippen LogP contribution in [0.5, 0.6) is 0 Å². The van der Waals surface area contributed by atoms with Crippen molar-refractivity contribution in [3.8, 4) is 0 Å². The molecule has 0 radical (unpaired) electrons. The van der Waals surface area contributed by atoms with E-state index in [1.807, 2.05) is 23.1 Å². The third kappa shape index (κ3) is 3.05. The summed E-state index contributed by atoms with van der Waals surface area (Å²) in [6, 6.07) is 10.1. The summed E-state index contributed by atoms with van der Waals surface area (Å²) in [6.45, 7) is 7.21. The van der Waals surface area contributed by atoms with E-state index >= 15 is 0 Å². The van der Waals surface area contributed by atoms with Crippen molar-refractivity contribution in [2.75, 3.05) is 31.1 Å². The van der Waals surface area contributed by atoms with Crippen molar-refractivity contribution in [1.82, 2.24) is 9.88 Å². The van der Waals surface area contributed by atoms with E-state index in [1.54, 1.807) is 12.5 Å². The van der Waals surface area contributed by atoms with E-state index in [0.29, 0.717) is 6.42 Å². The molecule has 1 aliphatic rings. The number of amides is 1. The molecule has 0 aliphatic carbocycles. The third-order valence-corrected chi connectivity index (χ3v) is 5.29. The smallest absolute Gasteiger partial charge is 0.227 e. The number of anilines is 1. The first-order valence-corrected chi connectivity index (χ1v) is 9.03. The summed E-state index contributed by atoms with van der Waals surface area (Å²) in [5.41, 5.74) is 4.22. The van der Waals surface area contributed by atoms with Gasteiger partial charge in [0.15, 0.2) is 0 Å². The fourth-order valence-electron chi connectivity index (χ4n) is 3.53. The van der Waals surface area contributed by atoms with E-state index in [1.165, 1.54) is 5.56 Å². The minimum Gasteiger partial charge on any atom is -0.464 e. The molecule has 1 aliphatic heterocycles. The number of aromatic nitrogens is 1. The predicted octanol–water partition coefficient (Wildman–Crippen LogP) is 3.34. The van der Waals surface area contributed by atoms with Crippen LogP contribution in [0.15, 0.2) is 47.2 Å². The average molecular weight is 349 g/mol. The molecule has 26 heavy (non-hydrogen) atoms. The highest BCUT2D eigenvalue weighted by atomic mass is 16.3. The van der Waals surface area contributed by atoms with Crippen molar-refractivity contribution >= 4 is 22.7 Å². The highest BCUT2D eigenvalue weighted by molar-refractivity contribution is 5.89. The van der Waals surface area contributed by atoms with E-state index in [-0.39, 0.29) is 5.91 Å². The SMILES string of the molecule is Cc1ccc2c(CC(=O)N3CCN(c4ccccn4)CC3)coc2c1C. The first-order chi connectivity index (χ1) is 12.6. The molecule has 134 valence electrons. The number of rotatable bonds is 3. The second kappa shape index (κ2) is 6.83. The molecule has 1 fully saturated rings. The minimum atomic E-state index is 0.159. The zero-order valence-electron chi connectivity index (χ0n) is 15.2. The summed E-state index contributed by atoms with van der Waals surface area (Å²) >= 11 is 0. The summed E-state index contributed by atoms with van der Waals surface area (Å²) in [7, 11) is 0. The van der Waals surface area contributed by atoms with Gasteiger partial charge in [0, 0.05) is 43.3 Å². The van der Waals surface area contributed by atoms with Crippen molar-refractivity contribution < 1.29 is 9.21 Å². The Labute approximate surface area is 153 Å². The van der Waals surface area contributed by atoms with Crippen LogP contribution in [0.25, 0.3) is 11.0 Å². The van der Waals surface area contributed by atoms with E-state index < -0.39 is 0 Å². The quantitative estimate of drug-likeness (QED) is 0.728. The number of fused-ring (bicyclic) bond motifs is 1. The Kier molecular flexibility index (Phi) is 4.37. The van der Waals surface area contributed by atoms with Crippen LogP contribution in [-0.4, -0.2) is 42.0 Å². The van der Waals surface area contributed by atoms with Crippen LogP contribution in [0.3, 0.4) is 0 Å². The first-order valence-electron chi connectivity index (χ1n) is 9.03. The molecule has 1 saturated heterocycles. The molecule has 0 bridgehead atoms. The topological polar surface area (TPSA) is 49.6 Å². The third-order valence-electron chi connectivity index (χ3n) is 5.29. The number of pyridine rings is 1. The van der Waals surface area contributed by atoms with Gasteiger partial charge in [-0.3, -0.25) is 4.79 Å². The molecule has 0 atom stereocenters. The van der Waals surface area contributed by atoms with Crippen LogP contribution in [0.4, 0.5) is 5.82 Å². The van der Waals surface area contributed by atoms with Gasteiger partial charge in [-0.2, -0.15) is 0 Å². The predicted molar refractivity (Wildman–Crippen MR) is 102 cm³/mol. The Morgan fingerprint density at radius 3 is 2.65 bits per heavy atom. The van der Waals surface area contributed by atoms with Gasteiger partial charge in [-0.25, -0.2) is 4.98 Å². The zero-order chi connectivity index (χ0) is 18.1. The van der Waals surface area contributed by atoms with Crippen LogP contribution in [0.2, 0.25) is 0 Å². The lowest BCUT2D eigenvalue weighted by atomic mass is 10.0. The number of piperazine rings is 1. The van der Waals surface area contributed by atoms with E-state index in [4.69, 9.17) is 4.42 Å². The molecule has 0 spiro atoms. The van der Waals surface area contributed by atoms with Gasteiger partial charge in [-0.05, 0) is 37.1 Å². The number of furan rings is 1. The van der Waals surface area contributed by atoms with Crippen LogP contribution >= 0.6 is 0 Å². The van der Waals surface area contributed by atoms with Crippen molar-refractivity contribution in [3.05, 3.63) is 59.5 Å². The van der Waals surface area contributed by atoms with Crippen molar-refractivity contribution in [3.63, 3.8) is 0 Å². The Hall–Kier alpha value is -2.82. The fourth-order valence-corrected chi connectivity index (χ4v) is 3.53. The molecule has 4 rings (SSSR count). The molecule has 3 aromatic rings. The van der Waals surface area contributed by atoms with Gasteiger partial charge in [-0.15, -0.1) is 0 Å². The van der Waals surface area contributed by atoms with Gasteiger partial charge in [0.25, 0.3) is 0 Å². The van der Waals surface area contributed by atoms with Crippen molar-refractivity contribution in [1.29, 1.82) is 0 Å². The number of nitrogens with zero attached hydrogens (tertiary/aromatic N) is 3. The molecule has 0 N–H and O–H groups in total. The van der Waals surface area contributed by atoms with Gasteiger partial charge in [0.1, 0.15) is 11.4 Å². The van der Waals surface area contributed by atoms with Gasteiger partial charge >= 0.3 is 0 Å². The number of aryl methyl sites for hydroxylation is 2. The molecule has 1 amide bonds. The summed E-state index contributed by atoms with van der Waals surface area (Å²) in [4.78, 5) is 21.3. The summed E-state index contributed by atoms with van der Waals surface area (Å²) in [5.74, 6) is 1.14. The molecule has 5 heteroatoms. The Bertz CT molecular complexity index is 925. The second-order valence-corrected chi connectivity index (χ2v) is 6.88. The normalized spacial score (nSPS) is 14.8. The molecule has 0 saturated carbocycles. The Balaban J connectivity index is 1.43. The standard InChI is InChI=1S/C21H23N3O2/c1-15-6-7-18-17(14-26-21(18)16(15)2)13-20(25)24-11-9-23(10-12-24)19-5-3-4-8-22-19/h3-8,14H,9-13H2,1-2H3. The maximum atomic E-state index is 12.8. The van der Waals surface area contributed by atoms with Crippen LogP contribution in [-0.2, 0) is 11.2 Å². The van der Waals surface area contributed by atoms with Gasteiger partial charge in [0.2, 0.25) is 5.91 Å². The zero-order valence-corrected chi connectivity index (χ0v) is 15.2. The average Bonchev–Trinajstić information content (AvgIpc) is 3.09. The second-order valence-electron chi connectivity index (χ2n) is 6.88. The van der Waals surface area contributed by atoms with Crippen LogP contribution in [0.1, 0.15) is 16.7 Å². The van der Waals surface area contributed by atoms with E-state index in [2.05, 4.69) is 35.9 Å². The molecule has 3 heterocycles. The lowest BCUT2D eigenvalue weighted by Crippen LogP contribution is -2.49. The number of hydrogen-bond acceptors (Lipinski definition) is 4. The van der Waals surface area contributed by atoms with Crippen molar-refractivity contribution in [2.45, 2.75) is 20.3 Å². The number of benzene rings is 1. The molecular formula is C21H23N3O2. The van der Waals surface area contributed by atoms with E-state index in [0.717, 1.165) is 54.1 Å².